The van der Waals surface area contributed by atoms with E-state index in [1.54, 1.807) is 0 Å². The Morgan fingerprint density at radius 3 is 2.69 bits per heavy atom. The summed E-state index contributed by atoms with van der Waals surface area (Å²) in [4.78, 5) is 2.64. The SMILES string of the molecule is CCCN1CCCC(C(C)NC(C)CC)C1. The Morgan fingerprint density at radius 2 is 2.06 bits per heavy atom. The lowest BCUT2D eigenvalue weighted by atomic mass is 9.91. The van der Waals surface area contributed by atoms with Crippen LogP contribution in [-0.4, -0.2) is 36.6 Å². The van der Waals surface area contributed by atoms with Gasteiger partial charge in [0.05, 0.1) is 0 Å². The average molecular weight is 226 g/mol. The van der Waals surface area contributed by atoms with Crippen LogP contribution in [0.15, 0.2) is 0 Å². The largest absolute Gasteiger partial charge is 0.311 e. The third-order valence-corrected chi connectivity index (χ3v) is 3.95. The maximum atomic E-state index is 3.74. The molecular formula is C14H30N2. The molecular weight excluding hydrogens is 196 g/mol. The Bertz CT molecular complexity index is 180. The topological polar surface area (TPSA) is 15.3 Å². The lowest BCUT2D eigenvalue weighted by Gasteiger charge is -2.37. The molecule has 3 unspecified atom stereocenters. The fourth-order valence-electron chi connectivity index (χ4n) is 2.72. The molecule has 0 spiro atoms. The standard InChI is InChI=1S/C14H30N2/c1-5-9-16-10-7-8-14(11-16)13(4)15-12(3)6-2/h12-15H,5-11H2,1-4H3. The van der Waals surface area contributed by atoms with Crippen LogP contribution >= 0.6 is 0 Å². The van der Waals surface area contributed by atoms with E-state index in [2.05, 4.69) is 37.9 Å². The van der Waals surface area contributed by atoms with E-state index in [0.29, 0.717) is 12.1 Å². The lowest BCUT2D eigenvalue weighted by Crippen LogP contribution is -2.46. The predicted molar refractivity (Wildman–Crippen MR) is 71.8 cm³/mol. The second-order valence-corrected chi connectivity index (χ2v) is 5.47. The first-order valence-electron chi connectivity index (χ1n) is 7.15. The molecule has 96 valence electrons. The average Bonchev–Trinajstić information content (AvgIpc) is 2.29. The van der Waals surface area contributed by atoms with Crippen molar-refractivity contribution in [3.8, 4) is 0 Å². The summed E-state index contributed by atoms with van der Waals surface area (Å²) in [7, 11) is 0. The maximum Gasteiger partial charge on any atom is 0.00816 e. The monoisotopic (exact) mass is 226 g/mol. The van der Waals surface area contributed by atoms with Gasteiger partial charge in [-0.2, -0.15) is 0 Å². The molecule has 1 saturated heterocycles. The molecule has 1 N–H and O–H groups in total. The van der Waals surface area contributed by atoms with Crippen molar-refractivity contribution < 1.29 is 0 Å². The van der Waals surface area contributed by atoms with Crippen molar-refractivity contribution in [1.82, 2.24) is 10.2 Å². The van der Waals surface area contributed by atoms with E-state index in [4.69, 9.17) is 0 Å². The first-order valence-corrected chi connectivity index (χ1v) is 7.15. The van der Waals surface area contributed by atoms with Crippen LogP contribution in [-0.2, 0) is 0 Å². The van der Waals surface area contributed by atoms with Crippen LogP contribution in [0.25, 0.3) is 0 Å². The highest BCUT2D eigenvalue weighted by atomic mass is 15.1. The number of rotatable bonds is 6. The van der Waals surface area contributed by atoms with E-state index >= 15 is 0 Å². The van der Waals surface area contributed by atoms with Gasteiger partial charge >= 0.3 is 0 Å². The molecule has 0 amide bonds. The summed E-state index contributed by atoms with van der Waals surface area (Å²) in [6.45, 7) is 13.1. The molecule has 1 aliphatic rings. The number of likely N-dealkylation sites (tertiary alicyclic amines) is 1. The van der Waals surface area contributed by atoms with E-state index < -0.39 is 0 Å². The van der Waals surface area contributed by atoms with E-state index in [-0.39, 0.29) is 0 Å². The number of hydrogen-bond donors (Lipinski definition) is 1. The Kier molecular flexibility index (Phi) is 6.37. The summed E-state index contributed by atoms with van der Waals surface area (Å²) in [6.07, 6.45) is 5.32. The van der Waals surface area contributed by atoms with Crippen LogP contribution in [0.4, 0.5) is 0 Å². The van der Waals surface area contributed by atoms with Gasteiger partial charge in [0, 0.05) is 18.6 Å². The van der Waals surface area contributed by atoms with Crippen LogP contribution in [0.2, 0.25) is 0 Å². The highest BCUT2D eigenvalue weighted by Gasteiger charge is 2.24. The molecule has 2 heteroatoms. The zero-order valence-corrected chi connectivity index (χ0v) is 11.6. The van der Waals surface area contributed by atoms with Gasteiger partial charge in [0.2, 0.25) is 0 Å². The predicted octanol–water partition coefficient (Wildman–Crippen LogP) is 2.89. The fourth-order valence-corrected chi connectivity index (χ4v) is 2.72. The normalized spacial score (nSPS) is 26.6. The van der Waals surface area contributed by atoms with Crippen molar-refractivity contribution in [2.45, 2.75) is 65.5 Å². The quantitative estimate of drug-likeness (QED) is 0.749. The van der Waals surface area contributed by atoms with Crippen LogP contribution in [0.1, 0.15) is 53.4 Å². The summed E-state index contributed by atoms with van der Waals surface area (Å²) < 4.78 is 0. The number of hydrogen-bond acceptors (Lipinski definition) is 2. The summed E-state index contributed by atoms with van der Waals surface area (Å²) in [5.41, 5.74) is 0. The minimum absolute atomic E-state index is 0.663. The second kappa shape index (κ2) is 7.29. The molecule has 16 heavy (non-hydrogen) atoms. The number of piperidine rings is 1. The minimum Gasteiger partial charge on any atom is -0.311 e. The Morgan fingerprint density at radius 1 is 1.31 bits per heavy atom. The van der Waals surface area contributed by atoms with Crippen molar-refractivity contribution in [1.29, 1.82) is 0 Å². The molecule has 2 nitrogen and oxygen atoms in total. The highest BCUT2D eigenvalue weighted by Crippen LogP contribution is 2.20. The van der Waals surface area contributed by atoms with Crippen molar-refractivity contribution in [2.75, 3.05) is 19.6 Å². The highest BCUT2D eigenvalue weighted by molar-refractivity contribution is 4.81. The van der Waals surface area contributed by atoms with Crippen molar-refractivity contribution in [3.63, 3.8) is 0 Å². The molecule has 1 rings (SSSR count). The molecule has 0 aromatic rings. The van der Waals surface area contributed by atoms with Gasteiger partial charge in [0.1, 0.15) is 0 Å². The first-order chi connectivity index (χ1) is 7.67. The summed E-state index contributed by atoms with van der Waals surface area (Å²) in [6, 6.07) is 1.34. The van der Waals surface area contributed by atoms with Gasteiger partial charge in [-0.15, -0.1) is 0 Å². The summed E-state index contributed by atoms with van der Waals surface area (Å²) in [5, 5.41) is 3.74. The Labute approximate surface area is 102 Å². The Hall–Kier alpha value is -0.0800. The van der Waals surface area contributed by atoms with Crippen molar-refractivity contribution in [2.24, 2.45) is 5.92 Å². The first kappa shape index (κ1) is 14.0. The molecule has 0 bridgehead atoms. The zero-order valence-electron chi connectivity index (χ0n) is 11.6. The molecule has 0 saturated carbocycles. The van der Waals surface area contributed by atoms with Gasteiger partial charge in [-0.3, -0.25) is 0 Å². The smallest absolute Gasteiger partial charge is 0.00816 e. The van der Waals surface area contributed by atoms with Gasteiger partial charge in [-0.05, 0) is 58.5 Å². The van der Waals surface area contributed by atoms with E-state index in [1.165, 1.54) is 45.3 Å². The Balaban J connectivity index is 2.34. The summed E-state index contributed by atoms with van der Waals surface area (Å²) in [5.74, 6) is 0.856. The zero-order chi connectivity index (χ0) is 12.0. The van der Waals surface area contributed by atoms with Crippen molar-refractivity contribution in [3.05, 3.63) is 0 Å². The molecule has 3 atom stereocenters. The van der Waals surface area contributed by atoms with Gasteiger partial charge in [0.15, 0.2) is 0 Å². The van der Waals surface area contributed by atoms with Crippen LogP contribution < -0.4 is 5.32 Å². The molecule has 1 aliphatic heterocycles. The van der Waals surface area contributed by atoms with Crippen molar-refractivity contribution >= 4 is 0 Å². The molecule has 0 aliphatic carbocycles. The van der Waals surface area contributed by atoms with Gasteiger partial charge in [-0.1, -0.05) is 13.8 Å². The maximum absolute atomic E-state index is 3.74. The van der Waals surface area contributed by atoms with E-state index in [1.807, 2.05) is 0 Å². The third kappa shape index (κ3) is 4.42. The van der Waals surface area contributed by atoms with Gasteiger partial charge < -0.3 is 10.2 Å². The van der Waals surface area contributed by atoms with E-state index in [0.717, 1.165) is 5.92 Å². The molecule has 1 fully saturated rings. The summed E-state index contributed by atoms with van der Waals surface area (Å²) >= 11 is 0. The van der Waals surface area contributed by atoms with Gasteiger partial charge in [-0.25, -0.2) is 0 Å². The molecule has 0 aromatic heterocycles. The molecule has 0 aromatic carbocycles. The molecule has 0 radical (unpaired) electrons. The minimum atomic E-state index is 0.663. The molecule has 1 heterocycles. The van der Waals surface area contributed by atoms with Crippen LogP contribution in [0.3, 0.4) is 0 Å². The van der Waals surface area contributed by atoms with E-state index in [9.17, 15) is 0 Å². The number of nitrogens with one attached hydrogen (secondary N) is 1. The fraction of sp³-hybridized carbons (Fsp3) is 1.00. The van der Waals surface area contributed by atoms with Crippen LogP contribution in [0, 0.1) is 5.92 Å². The third-order valence-electron chi connectivity index (χ3n) is 3.95. The second-order valence-electron chi connectivity index (χ2n) is 5.47. The van der Waals surface area contributed by atoms with Gasteiger partial charge in [0.25, 0.3) is 0 Å². The lowest BCUT2D eigenvalue weighted by molar-refractivity contribution is 0.147. The number of nitrogens with zero attached hydrogens (tertiary/aromatic N) is 1. The van der Waals surface area contributed by atoms with Crippen LogP contribution in [0.5, 0.6) is 0 Å².